The lowest BCUT2D eigenvalue weighted by atomic mass is 10.1. The van der Waals surface area contributed by atoms with Crippen molar-refractivity contribution in [1.82, 2.24) is 5.32 Å². The van der Waals surface area contributed by atoms with E-state index in [9.17, 15) is 9.90 Å². The number of carbonyl (C=O) groups is 1. The molecule has 0 saturated heterocycles. The van der Waals surface area contributed by atoms with Gasteiger partial charge >= 0.3 is 0 Å². The lowest BCUT2D eigenvalue weighted by Gasteiger charge is -2.29. The summed E-state index contributed by atoms with van der Waals surface area (Å²) in [4.78, 5) is 14.4. The van der Waals surface area contributed by atoms with Crippen LogP contribution in [0.25, 0.3) is 0 Å². The summed E-state index contributed by atoms with van der Waals surface area (Å²) >= 11 is 0. The Balaban J connectivity index is 1.87. The number of phenolic OH excluding ortho intramolecular Hbond substituents is 1. The Morgan fingerprint density at radius 3 is 2.28 bits per heavy atom. The van der Waals surface area contributed by atoms with Crippen LogP contribution in [0.15, 0.2) is 48.5 Å². The van der Waals surface area contributed by atoms with Gasteiger partial charge in [-0.2, -0.15) is 0 Å². The Bertz CT molecular complexity index is 665. The van der Waals surface area contributed by atoms with E-state index in [1.807, 2.05) is 0 Å². The lowest BCUT2D eigenvalue weighted by molar-refractivity contribution is 0.0954. The molecule has 2 N–H and O–H groups in total. The molecule has 4 heteroatoms. The highest BCUT2D eigenvalue weighted by Gasteiger charge is 2.10. The van der Waals surface area contributed by atoms with Gasteiger partial charge in [-0.15, -0.1) is 0 Å². The van der Waals surface area contributed by atoms with E-state index in [0.717, 1.165) is 19.4 Å². The number of benzene rings is 2. The van der Waals surface area contributed by atoms with Crippen molar-refractivity contribution in [2.45, 2.75) is 39.7 Å². The minimum absolute atomic E-state index is 0.120. The smallest absolute Gasteiger partial charge is 0.251 e. The van der Waals surface area contributed by atoms with Gasteiger partial charge in [0.05, 0.1) is 0 Å². The van der Waals surface area contributed by atoms with Gasteiger partial charge in [-0.25, -0.2) is 0 Å². The van der Waals surface area contributed by atoms with Gasteiger partial charge in [-0.3, -0.25) is 4.79 Å². The standard InChI is InChI=1S/C21H28N2O2/c1-4-16(3)23(5-2)19-10-6-17(7-11-19)14-15-22-21(25)18-8-12-20(24)13-9-18/h6-13,16,24H,4-5,14-15H2,1-3H3,(H,22,25). The van der Waals surface area contributed by atoms with Crippen molar-refractivity contribution >= 4 is 11.6 Å². The molecule has 0 radical (unpaired) electrons. The molecule has 1 amide bonds. The van der Waals surface area contributed by atoms with Crippen LogP contribution in [-0.4, -0.2) is 30.1 Å². The number of carbonyl (C=O) groups excluding carboxylic acids is 1. The molecular weight excluding hydrogens is 312 g/mol. The van der Waals surface area contributed by atoms with E-state index in [-0.39, 0.29) is 11.7 Å². The Morgan fingerprint density at radius 1 is 1.08 bits per heavy atom. The number of phenols is 1. The third kappa shape index (κ3) is 5.24. The summed E-state index contributed by atoms with van der Waals surface area (Å²) in [5, 5.41) is 12.2. The summed E-state index contributed by atoms with van der Waals surface area (Å²) in [5.41, 5.74) is 3.00. The maximum absolute atomic E-state index is 12.0. The number of hydrogen-bond donors (Lipinski definition) is 2. The Labute approximate surface area is 150 Å². The highest BCUT2D eigenvalue weighted by atomic mass is 16.3. The van der Waals surface area contributed by atoms with Crippen LogP contribution in [0.3, 0.4) is 0 Å². The third-order valence-electron chi connectivity index (χ3n) is 4.56. The van der Waals surface area contributed by atoms with Crippen molar-refractivity contribution < 1.29 is 9.90 Å². The number of anilines is 1. The van der Waals surface area contributed by atoms with Crippen molar-refractivity contribution in [2.24, 2.45) is 0 Å². The molecular formula is C21H28N2O2. The van der Waals surface area contributed by atoms with Crippen molar-refractivity contribution in [2.75, 3.05) is 18.0 Å². The Morgan fingerprint density at radius 2 is 1.72 bits per heavy atom. The van der Waals surface area contributed by atoms with Crippen molar-refractivity contribution in [1.29, 1.82) is 0 Å². The van der Waals surface area contributed by atoms with Gasteiger partial charge < -0.3 is 15.3 Å². The highest BCUT2D eigenvalue weighted by molar-refractivity contribution is 5.94. The van der Waals surface area contributed by atoms with Gasteiger partial charge in [0.15, 0.2) is 0 Å². The van der Waals surface area contributed by atoms with Gasteiger partial charge in [0, 0.05) is 30.4 Å². The van der Waals surface area contributed by atoms with E-state index in [0.29, 0.717) is 18.2 Å². The first-order valence-electron chi connectivity index (χ1n) is 8.98. The van der Waals surface area contributed by atoms with E-state index < -0.39 is 0 Å². The zero-order valence-corrected chi connectivity index (χ0v) is 15.3. The molecule has 25 heavy (non-hydrogen) atoms. The molecule has 134 valence electrons. The molecule has 2 aromatic rings. The summed E-state index contributed by atoms with van der Waals surface area (Å²) in [6, 6.07) is 15.4. The molecule has 1 unspecified atom stereocenters. The number of hydrogen-bond acceptors (Lipinski definition) is 3. The number of nitrogens with zero attached hydrogens (tertiary/aromatic N) is 1. The molecule has 0 aliphatic carbocycles. The molecule has 4 nitrogen and oxygen atoms in total. The SMILES string of the molecule is CCC(C)N(CC)c1ccc(CCNC(=O)c2ccc(O)cc2)cc1. The molecule has 0 spiro atoms. The first kappa shape index (κ1) is 18.8. The number of nitrogens with one attached hydrogen (secondary N) is 1. The number of aromatic hydroxyl groups is 1. The maximum Gasteiger partial charge on any atom is 0.251 e. The van der Waals surface area contributed by atoms with Crippen LogP contribution in [0.4, 0.5) is 5.69 Å². The second kappa shape index (κ2) is 9.11. The largest absolute Gasteiger partial charge is 0.508 e. The number of rotatable bonds is 8. The molecule has 2 aromatic carbocycles. The van der Waals surface area contributed by atoms with E-state index >= 15 is 0 Å². The second-order valence-electron chi connectivity index (χ2n) is 6.26. The summed E-state index contributed by atoms with van der Waals surface area (Å²) in [6.07, 6.45) is 1.92. The second-order valence-corrected chi connectivity index (χ2v) is 6.26. The quantitative estimate of drug-likeness (QED) is 0.764. The van der Waals surface area contributed by atoms with Crippen molar-refractivity contribution in [3.63, 3.8) is 0 Å². The molecule has 0 aliphatic rings. The average Bonchev–Trinajstić information content (AvgIpc) is 2.63. The number of amides is 1. The van der Waals surface area contributed by atoms with E-state index in [1.54, 1.807) is 12.1 Å². The monoisotopic (exact) mass is 340 g/mol. The molecule has 0 fully saturated rings. The fourth-order valence-electron chi connectivity index (χ4n) is 2.86. The van der Waals surface area contributed by atoms with Crippen LogP contribution in [0.5, 0.6) is 5.75 Å². The predicted molar refractivity (Wildman–Crippen MR) is 103 cm³/mol. The average molecular weight is 340 g/mol. The maximum atomic E-state index is 12.0. The van der Waals surface area contributed by atoms with Crippen LogP contribution in [0.2, 0.25) is 0 Å². The Kier molecular flexibility index (Phi) is 6.87. The van der Waals surface area contributed by atoms with Crippen LogP contribution < -0.4 is 10.2 Å². The van der Waals surface area contributed by atoms with Crippen molar-refractivity contribution in [3.05, 3.63) is 59.7 Å². The zero-order valence-electron chi connectivity index (χ0n) is 15.3. The molecule has 2 rings (SSSR count). The fourth-order valence-corrected chi connectivity index (χ4v) is 2.86. The summed E-state index contributed by atoms with van der Waals surface area (Å²) in [7, 11) is 0. The van der Waals surface area contributed by atoms with Crippen LogP contribution in [0.1, 0.15) is 43.1 Å². The molecule has 1 atom stereocenters. The van der Waals surface area contributed by atoms with E-state index in [1.165, 1.54) is 23.4 Å². The topological polar surface area (TPSA) is 52.6 Å². The first-order chi connectivity index (χ1) is 12.0. The van der Waals surface area contributed by atoms with Gasteiger partial charge in [0.2, 0.25) is 0 Å². The van der Waals surface area contributed by atoms with E-state index in [2.05, 4.69) is 55.3 Å². The summed E-state index contributed by atoms with van der Waals surface area (Å²) in [5.74, 6) is 0.0423. The van der Waals surface area contributed by atoms with Gasteiger partial charge in [-0.1, -0.05) is 19.1 Å². The first-order valence-corrected chi connectivity index (χ1v) is 8.98. The molecule has 0 heterocycles. The minimum Gasteiger partial charge on any atom is -0.508 e. The highest BCUT2D eigenvalue weighted by Crippen LogP contribution is 2.19. The summed E-state index contributed by atoms with van der Waals surface area (Å²) in [6.45, 7) is 8.21. The predicted octanol–water partition coefficient (Wildman–Crippen LogP) is 3.99. The molecule has 0 bridgehead atoms. The molecule has 0 aliphatic heterocycles. The minimum atomic E-state index is -0.120. The van der Waals surface area contributed by atoms with Gasteiger partial charge in [0.25, 0.3) is 5.91 Å². The summed E-state index contributed by atoms with van der Waals surface area (Å²) < 4.78 is 0. The molecule has 0 aromatic heterocycles. The zero-order chi connectivity index (χ0) is 18.2. The van der Waals surface area contributed by atoms with Gasteiger partial charge in [0.1, 0.15) is 5.75 Å². The molecule has 0 saturated carbocycles. The third-order valence-corrected chi connectivity index (χ3v) is 4.56. The normalized spacial score (nSPS) is 11.8. The Hall–Kier alpha value is -2.49. The van der Waals surface area contributed by atoms with E-state index in [4.69, 9.17) is 0 Å². The van der Waals surface area contributed by atoms with Crippen LogP contribution >= 0.6 is 0 Å². The lowest BCUT2D eigenvalue weighted by Crippen LogP contribution is -2.32. The van der Waals surface area contributed by atoms with Crippen LogP contribution in [0, 0.1) is 0 Å². The van der Waals surface area contributed by atoms with Crippen LogP contribution in [-0.2, 0) is 6.42 Å². The van der Waals surface area contributed by atoms with Crippen molar-refractivity contribution in [3.8, 4) is 5.75 Å². The fraction of sp³-hybridized carbons (Fsp3) is 0.381. The van der Waals surface area contributed by atoms with Gasteiger partial charge in [-0.05, 0) is 68.7 Å².